The second-order valence-electron chi connectivity index (χ2n) is 5.84. The van der Waals surface area contributed by atoms with Gasteiger partial charge in [-0.25, -0.2) is 13.1 Å². The lowest BCUT2D eigenvalue weighted by Crippen LogP contribution is -2.26. The number of anilines is 1. The van der Waals surface area contributed by atoms with Gasteiger partial charge in [-0.05, 0) is 78.3 Å². The summed E-state index contributed by atoms with van der Waals surface area (Å²) in [5, 5.41) is 2.81. The third-order valence-corrected chi connectivity index (χ3v) is 5.93. The maximum Gasteiger partial charge on any atom is 0.255 e. The Bertz CT molecular complexity index is 892. The smallest absolute Gasteiger partial charge is 0.255 e. The van der Waals surface area contributed by atoms with Gasteiger partial charge in [-0.2, -0.15) is 0 Å². The van der Waals surface area contributed by atoms with Crippen LogP contribution in [0.3, 0.4) is 0 Å². The van der Waals surface area contributed by atoms with E-state index in [2.05, 4.69) is 32.6 Å². The second-order valence-corrected chi connectivity index (χ2v) is 8.80. The topological polar surface area (TPSA) is 75.3 Å². The maximum absolute atomic E-state index is 12.5. The summed E-state index contributed by atoms with van der Waals surface area (Å²) in [7, 11) is -3.58. The predicted octanol–water partition coefficient (Wildman–Crippen LogP) is 3.29. The van der Waals surface area contributed by atoms with Gasteiger partial charge in [0.2, 0.25) is 10.0 Å². The first kappa shape index (κ1) is 17.4. The van der Waals surface area contributed by atoms with E-state index in [0.717, 1.165) is 22.0 Å². The molecule has 7 heteroatoms. The second kappa shape index (κ2) is 6.81. The quantitative estimate of drug-likeness (QED) is 0.679. The Morgan fingerprint density at radius 2 is 1.92 bits per heavy atom. The number of sulfonamides is 1. The number of amides is 1. The van der Waals surface area contributed by atoms with Crippen molar-refractivity contribution in [3.63, 3.8) is 0 Å². The largest absolute Gasteiger partial charge is 0.322 e. The number of hydrogen-bond donors (Lipinski definition) is 2. The first-order valence-corrected chi connectivity index (χ1v) is 10.1. The Kier molecular flexibility index (Phi) is 4.93. The molecule has 0 aliphatic heterocycles. The summed E-state index contributed by atoms with van der Waals surface area (Å²) in [5.74, 6) is -0.321. The number of aryl methyl sites for hydroxylation is 1. The lowest BCUT2D eigenvalue weighted by Gasteiger charge is -2.11. The normalized spacial score (nSPS) is 14.4. The van der Waals surface area contributed by atoms with Crippen LogP contribution in [0.1, 0.15) is 28.8 Å². The highest BCUT2D eigenvalue weighted by atomic mass is 127. The first-order chi connectivity index (χ1) is 11.3. The molecule has 0 unspecified atom stereocenters. The van der Waals surface area contributed by atoms with E-state index >= 15 is 0 Å². The Morgan fingerprint density at radius 1 is 1.17 bits per heavy atom. The van der Waals surface area contributed by atoms with Crippen LogP contribution in [0, 0.1) is 10.5 Å². The Morgan fingerprint density at radius 3 is 2.58 bits per heavy atom. The Balaban J connectivity index is 1.86. The van der Waals surface area contributed by atoms with E-state index in [9.17, 15) is 13.2 Å². The third-order valence-electron chi connectivity index (χ3n) is 3.75. The molecule has 2 N–H and O–H groups in total. The number of carbonyl (C=O) groups excluding carboxylic acids is 1. The minimum absolute atomic E-state index is 0.0278. The van der Waals surface area contributed by atoms with Crippen molar-refractivity contribution in [2.24, 2.45) is 0 Å². The number of hydrogen-bond acceptors (Lipinski definition) is 3. The molecule has 1 amide bonds. The first-order valence-electron chi connectivity index (χ1n) is 7.55. The van der Waals surface area contributed by atoms with Gasteiger partial charge in [0.15, 0.2) is 0 Å². The zero-order valence-electron chi connectivity index (χ0n) is 13.0. The van der Waals surface area contributed by atoms with E-state index in [1.54, 1.807) is 19.1 Å². The van der Waals surface area contributed by atoms with Crippen LogP contribution in [0.5, 0.6) is 0 Å². The van der Waals surface area contributed by atoms with Gasteiger partial charge in [0.05, 0.1) is 4.90 Å². The predicted molar refractivity (Wildman–Crippen MR) is 102 cm³/mol. The minimum Gasteiger partial charge on any atom is -0.322 e. The summed E-state index contributed by atoms with van der Waals surface area (Å²) in [6.07, 6.45) is 1.73. The van der Waals surface area contributed by atoms with Crippen LogP contribution in [0.2, 0.25) is 0 Å². The van der Waals surface area contributed by atoms with Gasteiger partial charge in [-0.15, -0.1) is 0 Å². The van der Waals surface area contributed by atoms with Crippen molar-refractivity contribution in [1.82, 2.24) is 4.72 Å². The van der Waals surface area contributed by atoms with Crippen molar-refractivity contribution in [3.8, 4) is 0 Å². The van der Waals surface area contributed by atoms with E-state index in [0.29, 0.717) is 11.3 Å². The van der Waals surface area contributed by atoms with Crippen molar-refractivity contribution >= 4 is 44.2 Å². The van der Waals surface area contributed by atoms with Crippen LogP contribution >= 0.6 is 22.6 Å². The summed E-state index contributed by atoms with van der Waals surface area (Å²) >= 11 is 2.17. The van der Waals surface area contributed by atoms with Crippen molar-refractivity contribution in [2.75, 3.05) is 5.32 Å². The lowest BCUT2D eigenvalue weighted by atomic mass is 10.1. The number of rotatable bonds is 5. The molecule has 5 nitrogen and oxygen atoms in total. The molecule has 0 radical (unpaired) electrons. The summed E-state index contributed by atoms with van der Waals surface area (Å²) in [6, 6.07) is 12.1. The number of nitrogens with one attached hydrogen (secondary N) is 2. The Hall–Kier alpha value is -1.45. The van der Waals surface area contributed by atoms with Crippen LogP contribution in [0.15, 0.2) is 47.4 Å². The summed E-state index contributed by atoms with van der Waals surface area (Å²) in [4.78, 5) is 12.6. The molecule has 0 heterocycles. The maximum atomic E-state index is 12.5. The molecular weight excluding hydrogens is 439 g/mol. The van der Waals surface area contributed by atoms with Crippen LogP contribution < -0.4 is 10.0 Å². The van der Waals surface area contributed by atoms with Gasteiger partial charge in [0.25, 0.3) is 5.91 Å². The highest BCUT2D eigenvalue weighted by Gasteiger charge is 2.28. The molecule has 0 saturated heterocycles. The molecule has 2 aromatic rings. The molecule has 0 spiro atoms. The number of benzene rings is 2. The monoisotopic (exact) mass is 456 g/mol. The van der Waals surface area contributed by atoms with Gasteiger partial charge < -0.3 is 5.32 Å². The van der Waals surface area contributed by atoms with Gasteiger partial charge in [-0.3, -0.25) is 4.79 Å². The Labute approximate surface area is 155 Å². The molecule has 1 fully saturated rings. The lowest BCUT2D eigenvalue weighted by molar-refractivity contribution is 0.102. The van der Waals surface area contributed by atoms with E-state index in [4.69, 9.17) is 0 Å². The van der Waals surface area contributed by atoms with Crippen molar-refractivity contribution in [3.05, 3.63) is 57.2 Å². The highest BCUT2D eigenvalue weighted by molar-refractivity contribution is 14.1. The molecule has 1 aliphatic carbocycles. The third kappa shape index (κ3) is 4.14. The van der Waals surface area contributed by atoms with E-state index in [-0.39, 0.29) is 16.8 Å². The minimum atomic E-state index is -3.58. The van der Waals surface area contributed by atoms with Crippen molar-refractivity contribution < 1.29 is 13.2 Å². The zero-order chi connectivity index (χ0) is 17.3. The molecule has 0 atom stereocenters. The van der Waals surface area contributed by atoms with Crippen LogP contribution in [-0.4, -0.2) is 20.4 Å². The molecule has 1 aliphatic rings. The van der Waals surface area contributed by atoms with Crippen LogP contribution in [0.25, 0.3) is 0 Å². The molecule has 3 rings (SSSR count). The van der Waals surface area contributed by atoms with Gasteiger partial charge in [-0.1, -0.05) is 12.1 Å². The van der Waals surface area contributed by atoms with Crippen LogP contribution in [-0.2, 0) is 10.0 Å². The van der Waals surface area contributed by atoms with E-state index < -0.39 is 10.0 Å². The molecular formula is C17H17IN2O3S. The number of halogens is 1. The van der Waals surface area contributed by atoms with Gasteiger partial charge in [0, 0.05) is 20.9 Å². The molecule has 1 saturated carbocycles. The standard InChI is InChI=1S/C17H17IN2O3S/c1-11-5-8-15(24(22,23)20-13-6-7-13)10-16(11)17(21)19-14-4-2-3-12(18)9-14/h2-5,8-10,13,20H,6-7H2,1H3,(H,19,21). The van der Waals surface area contributed by atoms with Gasteiger partial charge in [0.1, 0.15) is 0 Å². The molecule has 0 aromatic heterocycles. The van der Waals surface area contributed by atoms with E-state index in [1.807, 2.05) is 18.2 Å². The summed E-state index contributed by atoms with van der Waals surface area (Å²) < 4.78 is 28.3. The van der Waals surface area contributed by atoms with E-state index in [1.165, 1.54) is 12.1 Å². The summed E-state index contributed by atoms with van der Waals surface area (Å²) in [5.41, 5.74) is 1.76. The SMILES string of the molecule is Cc1ccc(S(=O)(=O)NC2CC2)cc1C(=O)Nc1cccc(I)c1. The molecule has 126 valence electrons. The average molecular weight is 456 g/mol. The van der Waals surface area contributed by atoms with Crippen molar-refractivity contribution in [1.29, 1.82) is 0 Å². The molecule has 24 heavy (non-hydrogen) atoms. The van der Waals surface area contributed by atoms with Crippen LogP contribution in [0.4, 0.5) is 5.69 Å². The molecule has 2 aromatic carbocycles. The zero-order valence-corrected chi connectivity index (χ0v) is 16.0. The fourth-order valence-corrected chi connectivity index (χ4v) is 4.14. The van der Waals surface area contributed by atoms with Crippen molar-refractivity contribution in [2.45, 2.75) is 30.7 Å². The molecule has 0 bridgehead atoms. The fourth-order valence-electron chi connectivity index (χ4n) is 2.27. The summed E-state index contributed by atoms with van der Waals surface area (Å²) in [6.45, 7) is 1.79. The number of carbonyl (C=O) groups is 1. The average Bonchev–Trinajstić information content (AvgIpc) is 3.30. The highest BCUT2D eigenvalue weighted by Crippen LogP contribution is 2.23. The fraction of sp³-hybridized carbons (Fsp3) is 0.235. The van der Waals surface area contributed by atoms with Gasteiger partial charge >= 0.3 is 0 Å².